The monoisotopic (exact) mass is 469 g/mol. The van der Waals surface area contributed by atoms with Gasteiger partial charge in [-0.1, -0.05) is 47.0 Å². The molecule has 3 aromatic rings. The van der Waals surface area contributed by atoms with Crippen LogP contribution in [-0.4, -0.2) is 15.6 Å². The van der Waals surface area contributed by atoms with Gasteiger partial charge in [-0.2, -0.15) is 0 Å². The minimum Gasteiger partial charge on any atom is -0.318 e. The van der Waals surface area contributed by atoms with Gasteiger partial charge in [-0.15, -0.1) is 0 Å². The zero-order chi connectivity index (χ0) is 22.3. The van der Waals surface area contributed by atoms with E-state index in [1.54, 1.807) is 18.2 Å². The number of amidine groups is 1. The van der Waals surface area contributed by atoms with Crippen molar-refractivity contribution in [3.63, 3.8) is 0 Å². The molecule has 4 rings (SSSR count). The maximum Gasteiger partial charge on any atom is 0.264 e. The Hall–Kier alpha value is -2.47. The molecule has 0 aliphatic carbocycles. The van der Waals surface area contributed by atoms with Crippen LogP contribution in [0.1, 0.15) is 28.1 Å². The van der Waals surface area contributed by atoms with E-state index in [0.29, 0.717) is 25.8 Å². The van der Waals surface area contributed by atoms with Crippen molar-refractivity contribution in [2.45, 2.75) is 27.7 Å². The first-order valence-corrected chi connectivity index (χ1v) is 11.3. The number of rotatable bonds is 3. The molecule has 31 heavy (non-hydrogen) atoms. The molecular formula is C24H21Cl2N3OS. The number of carbonyl (C=O) groups excluding carboxylic acids is 1. The first-order chi connectivity index (χ1) is 14.7. The maximum absolute atomic E-state index is 12.5. The summed E-state index contributed by atoms with van der Waals surface area (Å²) in [5.74, 6) is -0.182. The fourth-order valence-electron chi connectivity index (χ4n) is 3.67. The molecule has 0 atom stereocenters. The average molecular weight is 470 g/mol. The minimum atomic E-state index is -0.182. The molecule has 7 heteroatoms. The van der Waals surface area contributed by atoms with Gasteiger partial charge in [0.25, 0.3) is 5.91 Å². The predicted molar refractivity (Wildman–Crippen MR) is 132 cm³/mol. The highest BCUT2D eigenvalue weighted by Gasteiger charge is 2.25. The van der Waals surface area contributed by atoms with Crippen LogP contribution < -0.4 is 5.32 Å². The number of nitrogens with one attached hydrogen (secondary N) is 1. The van der Waals surface area contributed by atoms with Gasteiger partial charge in [-0.3, -0.25) is 4.79 Å². The lowest BCUT2D eigenvalue weighted by atomic mass is 10.1. The number of thioether (sulfide) groups is 1. The van der Waals surface area contributed by atoms with Crippen molar-refractivity contribution in [1.82, 2.24) is 9.88 Å². The van der Waals surface area contributed by atoms with E-state index in [0.717, 1.165) is 22.6 Å². The second-order valence-corrected chi connectivity index (χ2v) is 9.32. The van der Waals surface area contributed by atoms with Crippen molar-refractivity contribution in [2.75, 3.05) is 0 Å². The van der Waals surface area contributed by atoms with Gasteiger partial charge in [-0.05, 0) is 80.9 Å². The zero-order valence-corrected chi connectivity index (χ0v) is 19.9. The van der Waals surface area contributed by atoms with Crippen molar-refractivity contribution in [3.8, 4) is 5.69 Å². The number of halogens is 2. The lowest BCUT2D eigenvalue weighted by Crippen LogP contribution is -2.19. The van der Waals surface area contributed by atoms with Crippen molar-refractivity contribution < 1.29 is 4.79 Å². The third-order valence-electron chi connectivity index (χ3n) is 5.15. The molecule has 2 heterocycles. The number of nitrogens with zero attached hydrogens (tertiary/aromatic N) is 2. The number of amides is 1. The minimum absolute atomic E-state index is 0.182. The van der Waals surface area contributed by atoms with Crippen LogP contribution in [0.5, 0.6) is 0 Å². The zero-order valence-electron chi connectivity index (χ0n) is 17.6. The first kappa shape index (κ1) is 21.8. The molecule has 2 aromatic carbocycles. The van der Waals surface area contributed by atoms with Gasteiger partial charge in [0.05, 0.1) is 20.6 Å². The van der Waals surface area contributed by atoms with Gasteiger partial charge >= 0.3 is 0 Å². The van der Waals surface area contributed by atoms with E-state index in [2.05, 4.69) is 66.8 Å². The van der Waals surface area contributed by atoms with E-state index >= 15 is 0 Å². The summed E-state index contributed by atoms with van der Waals surface area (Å²) < 4.78 is 2.22. The molecule has 1 fully saturated rings. The van der Waals surface area contributed by atoms with Crippen LogP contribution >= 0.6 is 35.0 Å². The number of hydrogen-bond donors (Lipinski definition) is 1. The SMILES string of the molecule is Cc1ccc(-n2c(C)cc(/C=C3\SC(=Nc4cccc(Cl)c4Cl)NC3=O)c2C)c(C)c1. The van der Waals surface area contributed by atoms with Crippen LogP contribution in [0, 0.1) is 27.7 Å². The molecule has 158 valence electrons. The highest BCUT2D eigenvalue weighted by Crippen LogP contribution is 2.35. The number of carbonyl (C=O) groups is 1. The van der Waals surface area contributed by atoms with Crippen LogP contribution in [0.15, 0.2) is 52.4 Å². The Morgan fingerprint density at radius 1 is 1.06 bits per heavy atom. The van der Waals surface area contributed by atoms with Gasteiger partial charge in [-0.25, -0.2) is 4.99 Å². The molecular weight excluding hydrogens is 449 g/mol. The topological polar surface area (TPSA) is 46.4 Å². The van der Waals surface area contributed by atoms with Crippen molar-refractivity contribution in [2.24, 2.45) is 4.99 Å². The summed E-state index contributed by atoms with van der Waals surface area (Å²) in [7, 11) is 0. The quantitative estimate of drug-likeness (QED) is 0.423. The van der Waals surface area contributed by atoms with E-state index in [4.69, 9.17) is 23.2 Å². The van der Waals surface area contributed by atoms with Gasteiger partial charge in [0, 0.05) is 17.1 Å². The molecule has 0 radical (unpaired) electrons. The van der Waals surface area contributed by atoms with E-state index < -0.39 is 0 Å². The Kier molecular flexibility index (Phi) is 6.02. The molecule has 1 aliphatic heterocycles. The van der Waals surface area contributed by atoms with Crippen molar-refractivity contribution in [1.29, 1.82) is 0 Å². The predicted octanol–water partition coefficient (Wildman–Crippen LogP) is 6.91. The first-order valence-electron chi connectivity index (χ1n) is 9.75. The molecule has 1 amide bonds. The van der Waals surface area contributed by atoms with Crippen LogP contribution in [0.4, 0.5) is 5.69 Å². The summed E-state index contributed by atoms with van der Waals surface area (Å²) in [4.78, 5) is 17.6. The normalized spacial score (nSPS) is 16.4. The standard InChI is InChI=1S/C24H21Cl2N3OS/c1-13-8-9-20(14(2)10-13)29-15(3)11-17(16(29)4)12-21-23(30)28-24(31-21)27-19-7-5-6-18(25)22(19)26/h5-12H,1-4H3,(H,27,28,30)/b21-12-. The molecule has 0 unspecified atom stereocenters. The number of aliphatic imine (C=N–C) groups is 1. The molecule has 1 aliphatic rings. The molecule has 0 saturated carbocycles. The highest BCUT2D eigenvalue weighted by molar-refractivity contribution is 8.18. The highest BCUT2D eigenvalue weighted by atomic mass is 35.5. The maximum atomic E-state index is 12.5. The molecule has 4 nitrogen and oxygen atoms in total. The third kappa shape index (κ3) is 4.31. The Morgan fingerprint density at radius 3 is 2.58 bits per heavy atom. The van der Waals surface area contributed by atoms with Gasteiger partial charge < -0.3 is 9.88 Å². The number of aryl methyl sites for hydroxylation is 3. The lowest BCUT2D eigenvalue weighted by Gasteiger charge is -2.13. The smallest absolute Gasteiger partial charge is 0.264 e. The largest absolute Gasteiger partial charge is 0.318 e. The molecule has 0 bridgehead atoms. The van der Waals surface area contributed by atoms with Crippen LogP contribution in [0.3, 0.4) is 0 Å². The Morgan fingerprint density at radius 2 is 1.84 bits per heavy atom. The van der Waals surface area contributed by atoms with E-state index in [1.165, 1.54) is 22.9 Å². The fraction of sp³-hybridized carbons (Fsp3) is 0.167. The Labute approximate surface area is 196 Å². The van der Waals surface area contributed by atoms with Gasteiger partial charge in [0.1, 0.15) is 0 Å². The summed E-state index contributed by atoms with van der Waals surface area (Å²) in [6.07, 6.45) is 1.91. The Bertz CT molecular complexity index is 1270. The average Bonchev–Trinajstić information content (AvgIpc) is 3.18. The van der Waals surface area contributed by atoms with Crippen molar-refractivity contribution in [3.05, 3.63) is 85.5 Å². The second kappa shape index (κ2) is 8.58. The summed E-state index contributed by atoms with van der Waals surface area (Å²) in [6, 6.07) is 13.8. The van der Waals surface area contributed by atoms with Crippen LogP contribution in [0.25, 0.3) is 11.8 Å². The Balaban J connectivity index is 1.67. The summed E-state index contributed by atoms with van der Waals surface area (Å²) >= 11 is 13.6. The summed E-state index contributed by atoms with van der Waals surface area (Å²) in [6.45, 7) is 8.35. The van der Waals surface area contributed by atoms with Gasteiger partial charge in [0.2, 0.25) is 0 Å². The molecule has 1 aromatic heterocycles. The number of aromatic nitrogens is 1. The summed E-state index contributed by atoms with van der Waals surface area (Å²) in [5.41, 5.74) is 7.29. The van der Waals surface area contributed by atoms with E-state index in [1.807, 2.05) is 6.08 Å². The van der Waals surface area contributed by atoms with Crippen molar-refractivity contribution >= 4 is 57.8 Å². The van der Waals surface area contributed by atoms with E-state index in [-0.39, 0.29) is 5.91 Å². The lowest BCUT2D eigenvalue weighted by molar-refractivity contribution is -0.115. The van der Waals surface area contributed by atoms with Crippen LogP contribution in [-0.2, 0) is 4.79 Å². The second-order valence-electron chi connectivity index (χ2n) is 7.51. The number of benzene rings is 2. The molecule has 0 spiro atoms. The molecule has 1 N–H and O–H groups in total. The van der Waals surface area contributed by atoms with Gasteiger partial charge in [0.15, 0.2) is 5.17 Å². The van der Waals surface area contributed by atoms with E-state index in [9.17, 15) is 4.79 Å². The van der Waals surface area contributed by atoms with Crippen LogP contribution in [0.2, 0.25) is 10.0 Å². The fourth-order valence-corrected chi connectivity index (χ4v) is 4.83. The molecule has 1 saturated heterocycles. The number of hydrogen-bond acceptors (Lipinski definition) is 3. The summed E-state index contributed by atoms with van der Waals surface area (Å²) in [5, 5.41) is 4.07. The third-order valence-corrected chi connectivity index (χ3v) is 6.87.